The van der Waals surface area contributed by atoms with Crippen molar-refractivity contribution in [1.82, 2.24) is 20.4 Å². The Labute approximate surface area is 92.4 Å². The van der Waals surface area contributed by atoms with Crippen LogP contribution in [-0.4, -0.2) is 22.0 Å². The Hall–Kier alpha value is -1.75. The van der Waals surface area contributed by atoms with Crippen molar-refractivity contribution in [2.75, 3.05) is 12.4 Å². The number of nitrogens with zero attached hydrogens (tertiary/aromatic N) is 3. The molecule has 1 aliphatic rings. The molecule has 5 nitrogen and oxygen atoms in total. The topological polar surface area (TPSA) is 53.1 Å². The first kappa shape index (κ1) is 9.79. The van der Waals surface area contributed by atoms with Gasteiger partial charge in [-0.25, -0.2) is 9.97 Å². The van der Waals surface area contributed by atoms with E-state index in [0.717, 1.165) is 11.5 Å². The van der Waals surface area contributed by atoms with Crippen molar-refractivity contribution in [3.8, 4) is 0 Å². The number of aromatic nitrogens is 2. The third-order valence-electron chi connectivity index (χ3n) is 1.75. The van der Waals surface area contributed by atoms with Gasteiger partial charge in [-0.15, -0.1) is 0 Å². The van der Waals surface area contributed by atoms with Crippen molar-refractivity contribution in [2.45, 2.75) is 0 Å². The summed E-state index contributed by atoms with van der Waals surface area (Å²) in [4.78, 5) is 7.88. The Morgan fingerprint density at radius 3 is 3.07 bits per heavy atom. The van der Waals surface area contributed by atoms with Gasteiger partial charge in [0.15, 0.2) is 0 Å². The summed E-state index contributed by atoms with van der Waals surface area (Å²) < 4.78 is 0. The molecule has 1 aromatic heterocycles. The van der Waals surface area contributed by atoms with Crippen LogP contribution in [0.3, 0.4) is 0 Å². The summed E-state index contributed by atoms with van der Waals surface area (Å²) in [5.74, 6) is 0.729. The molecule has 0 spiro atoms. The molecule has 1 aromatic rings. The maximum atomic E-state index is 5.87. The van der Waals surface area contributed by atoms with Crippen molar-refractivity contribution < 1.29 is 0 Å². The van der Waals surface area contributed by atoms with E-state index < -0.39 is 0 Å². The normalized spacial score (nSPS) is 15.2. The molecular weight excluding hydrogens is 214 g/mol. The number of halogens is 1. The average Bonchev–Trinajstić information content (AvgIpc) is 2.17. The van der Waals surface area contributed by atoms with Crippen LogP contribution >= 0.6 is 11.6 Å². The van der Waals surface area contributed by atoms with Gasteiger partial charge in [0.1, 0.15) is 17.3 Å². The first-order valence-electron chi connectivity index (χ1n) is 4.35. The molecule has 15 heavy (non-hydrogen) atoms. The van der Waals surface area contributed by atoms with Crippen molar-refractivity contribution in [3.63, 3.8) is 0 Å². The fourth-order valence-corrected chi connectivity index (χ4v) is 1.45. The maximum Gasteiger partial charge on any atom is 0.133 e. The Morgan fingerprint density at radius 2 is 2.40 bits per heavy atom. The largest absolute Gasteiger partial charge is 0.339 e. The summed E-state index contributed by atoms with van der Waals surface area (Å²) in [6.07, 6.45) is 6.81. The van der Waals surface area contributed by atoms with E-state index in [2.05, 4.69) is 20.7 Å². The number of nitrogens with one attached hydrogen (secondary N) is 2. The van der Waals surface area contributed by atoms with Crippen LogP contribution in [0.4, 0.5) is 5.82 Å². The molecule has 0 aromatic carbocycles. The van der Waals surface area contributed by atoms with E-state index in [4.69, 9.17) is 11.6 Å². The zero-order chi connectivity index (χ0) is 10.7. The number of allylic oxidation sites excluding steroid dienone is 1. The molecule has 78 valence electrons. The smallest absolute Gasteiger partial charge is 0.133 e. The molecule has 0 aliphatic carbocycles. The van der Waals surface area contributed by atoms with E-state index in [0.29, 0.717) is 5.16 Å². The second kappa shape index (κ2) is 4.18. The zero-order valence-corrected chi connectivity index (χ0v) is 8.86. The molecule has 2 N–H and O–H groups in total. The van der Waals surface area contributed by atoms with E-state index in [1.54, 1.807) is 23.3 Å². The predicted molar refractivity (Wildman–Crippen MR) is 58.6 cm³/mol. The molecule has 2 rings (SSSR count). The summed E-state index contributed by atoms with van der Waals surface area (Å²) in [5.41, 5.74) is 3.77. The minimum absolute atomic E-state index is 0.552. The van der Waals surface area contributed by atoms with Gasteiger partial charge in [-0.3, -0.25) is 10.4 Å². The summed E-state index contributed by atoms with van der Waals surface area (Å²) >= 11 is 5.87. The minimum atomic E-state index is 0.552. The Kier molecular flexibility index (Phi) is 2.73. The summed E-state index contributed by atoms with van der Waals surface area (Å²) in [6, 6.07) is 1.78. The van der Waals surface area contributed by atoms with Crippen LogP contribution in [0, 0.1) is 0 Å². The van der Waals surface area contributed by atoms with Crippen LogP contribution in [0.25, 0.3) is 0 Å². The summed E-state index contributed by atoms with van der Waals surface area (Å²) in [6.45, 7) is 0. The molecule has 0 bridgehead atoms. The van der Waals surface area contributed by atoms with Gasteiger partial charge in [0.25, 0.3) is 0 Å². The third-order valence-corrected chi connectivity index (χ3v) is 1.95. The first-order chi connectivity index (χ1) is 7.24. The monoisotopic (exact) mass is 223 g/mol. The molecular formula is C9H10ClN5. The number of anilines is 1. The van der Waals surface area contributed by atoms with Gasteiger partial charge in [0.05, 0.1) is 5.70 Å². The minimum Gasteiger partial charge on any atom is -0.339 e. The molecule has 0 radical (unpaired) electrons. The number of hydrogen-bond acceptors (Lipinski definition) is 5. The Morgan fingerprint density at radius 1 is 1.53 bits per heavy atom. The molecule has 0 saturated carbocycles. The maximum absolute atomic E-state index is 5.87. The first-order valence-corrected chi connectivity index (χ1v) is 4.73. The number of hydrazine groups is 1. The molecule has 6 heteroatoms. The van der Waals surface area contributed by atoms with Crippen LogP contribution in [0.2, 0.25) is 0 Å². The van der Waals surface area contributed by atoms with Gasteiger partial charge in [0.2, 0.25) is 0 Å². The summed E-state index contributed by atoms with van der Waals surface area (Å²) in [5, 5.41) is 5.42. The van der Waals surface area contributed by atoms with Gasteiger partial charge in [-0.2, -0.15) is 0 Å². The highest BCUT2D eigenvalue weighted by Gasteiger charge is 2.06. The number of rotatable bonds is 2. The van der Waals surface area contributed by atoms with Gasteiger partial charge in [0, 0.05) is 19.4 Å². The Balaban J connectivity index is 2.13. The summed E-state index contributed by atoms with van der Waals surface area (Å²) in [7, 11) is 1.86. The van der Waals surface area contributed by atoms with Crippen LogP contribution in [0.5, 0.6) is 0 Å². The second-order valence-corrected chi connectivity index (χ2v) is 3.43. The van der Waals surface area contributed by atoms with E-state index in [-0.39, 0.29) is 0 Å². The fraction of sp³-hybridized carbons (Fsp3) is 0.111. The highest BCUT2D eigenvalue weighted by atomic mass is 35.5. The van der Waals surface area contributed by atoms with E-state index in [1.165, 1.54) is 6.33 Å². The number of hydrogen-bond donors (Lipinski definition) is 2. The lowest BCUT2D eigenvalue weighted by molar-refractivity contribution is 0.373. The van der Waals surface area contributed by atoms with Gasteiger partial charge < -0.3 is 5.32 Å². The predicted octanol–water partition coefficient (Wildman–Crippen LogP) is 1.26. The zero-order valence-electron chi connectivity index (χ0n) is 8.11. The van der Waals surface area contributed by atoms with Gasteiger partial charge in [-0.05, 0) is 12.1 Å². The molecule has 0 unspecified atom stereocenters. The SMILES string of the molecule is CN1C=C(Nc2ccncn2)C=C(Cl)N1. The highest BCUT2D eigenvalue weighted by molar-refractivity contribution is 6.29. The Bertz CT molecular complexity index is 400. The lowest BCUT2D eigenvalue weighted by Gasteiger charge is -2.22. The van der Waals surface area contributed by atoms with Crippen molar-refractivity contribution >= 4 is 17.4 Å². The van der Waals surface area contributed by atoms with Crippen LogP contribution < -0.4 is 10.7 Å². The lowest BCUT2D eigenvalue weighted by atomic mass is 10.4. The third kappa shape index (κ3) is 2.60. The molecule has 1 aliphatic heterocycles. The fourth-order valence-electron chi connectivity index (χ4n) is 1.20. The molecule has 0 atom stereocenters. The van der Waals surface area contributed by atoms with Crippen LogP contribution in [-0.2, 0) is 0 Å². The van der Waals surface area contributed by atoms with E-state index >= 15 is 0 Å². The van der Waals surface area contributed by atoms with E-state index in [9.17, 15) is 0 Å². The molecule has 0 amide bonds. The van der Waals surface area contributed by atoms with Crippen molar-refractivity contribution in [2.24, 2.45) is 0 Å². The van der Waals surface area contributed by atoms with Crippen molar-refractivity contribution in [3.05, 3.63) is 41.7 Å². The van der Waals surface area contributed by atoms with Crippen LogP contribution in [0.1, 0.15) is 0 Å². The lowest BCUT2D eigenvalue weighted by Crippen LogP contribution is -2.31. The molecule has 0 saturated heterocycles. The van der Waals surface area contributed by atoms with E-state index in [1.807, 2.05) is 13.2 Å². The van der Waals surface area contributed by atoms with Crippen molar-refractivity contribution in [1.29, 1.82) is 0 Å². The van der Waals surface area contributed by atoms with Gasteiger partial charge in [-0.1, -0.05) is 11.6 Å². The average molecular weight is 224 g/mol. The standard InChI is InChI=1S/C9H10ClN5/c1-15-5-7(4-8(10)14-15)13-9-2-3-11-6-12-9/h2-6,14H,1H3,(H,11,12,13). The van der Waals surface area contributed by atoms with Gasteiger partial charge >= 0.3 is 0 Å². The second-order valence-electron chi connectivity index (χ2n) is 3.02. The molecule has 0 fully saturated rings. The highest BCUT2D eigenvalue weighted by Crippen LogP contribution is 2.13. The van der Waals surface area contributed by atoms with Crippen LogP contribution in [0.15, 0.2) is 41.7 Å². The molecule has 2 heterocycles. The quantitative estimate of drug-likeness (QED) is 0.740.